The second-order valence-corrected chi connectivity index (χ2v) is 3.44. The van der Waals surface area contributed by atoms with E-state index < -0.39 is 17.9 Å². The fourth-order valence-electron chi connectivity index (χ4n) is 1.57. The fourth-order valence-corrected chi connectivity index (χ4v) is 1.57. The van der Waals surface area contributed by atoms with E-state index in [0.717, 1.165) is 12.1 Å². The number of nitrogens with one attached hydrogen (secondary N) is 1. The summed E-state index contributed by atoms with van der Waals surface area (Å²) >= 11 is 4.64. The molecule has 4 nitrogen and oxygen atoms in total. The van der Waals surface area contributed by atoms with Crippen molar-refractivity contribution in [3.8, 4) is 5.75 Å². The van der Waals surface area contributed by atoms with Crippen LogP contribution >= 0.6 is 11.6 Å². The molecule has 0 saturated heterocycles. The van der Waals surface area contributed by atoms with Gasteiger partial charge in [0, 0.05) is 29.5 Å². The number of ether oxygens (including phenoxy) is 1. The summed E-state index contributed by atoms with van der Waals surface area (Å²) in [5.41, 5.74) is 0.389. The zero-order chi connectivity index (χ0) is 17.3. The van der Waals surface area contributed by atoms with Crippen molar-refractivity contribution in [2.45, 2.75) is 20.2 Å². The number of H-pyrrole nitrogens is 1. The predicted octanol–water partition coefficient (Wildman–Crippen LogP) is 4.33. The molecule has 0 radical (unpaired) electrons. The van der Waals surface area contributed by atoms with Crippen molar-refractivity contribution in [3.05, 3.63) is 30.0 Å². The molecule has 8 heteroatoms. The van der Waals surface area contributed by atoms with Crippen molar-refractivity contribution >= 4 is 34.6 Å². The molecule has 0 fully saturated rings. The number of Topliss-reactive ketones (excluding diaryl/α,β-unsaturated/α-hetero) is 1. The topological polar surface area (TPSA) is 59.2 Å². The van der Waals surface area contributed by atoms with Crippen LogP contribution < -0.4 is 4.74 Å². The number of alkyl halides is 4. The summed E-state index contributed by atoms with van der Waals surface area (Å²) in [6.07, 6.45) is -1.90. The quantitative estimate of drug-likeness (QED) is 0.392. The van der Waals surface area contributed by atoms with Crippen LogP contribution in [0, 0.1) is 0 Å². The number of halogens is 4. The molecule has 0 spiro atoms. The number of aldehydes is 1. The third-order valence-corrected chi connectivity index (χ3v) is 2.26. The Morgan fingerprint density at radius 2 is 1.86 bits per heavy atom. The van der Waals surface area contributed by atoms with Gasteiger partial charge in [0.1, 0.15) is 5.75 Å². The van der Waals surface area contributed by atoms with Crippen LogP contribution in [0.4, 0.5) is 13.2 Å². The van der Waals surface area contributed by atoms with E-state index in [2.05, 4.69) is 21.3 Å². The third-order valence-electron chi connectivity index (χ3n) is 2.26. The fraction of sp³-hybridized carbons (Fsp3) is 0.286. The zero-order valence-corrected chi connectivity index (χ0v) is 12.9. The van der Waals surface area contributed by atoms with E-state index in [0.29, 0.717) is 5.39 Å². The van der Waals surface area contributed by atoms with E-state index in [1.807, 2.05) is 13.8 Å². The van der Waals surface area contributed by atoms with Gasteiger partial charge in [-0.25, -0.2) is 0 Å². The maximum absolute atomic E-state index is 12.0. The Morgan fingerprint density at radius 3 is 2.36 bits per heavy atom. The van der Waals surface area contributed by atoms with Crippen molar-refractivity contribution in [1.82, 2.24) is 4.98 Å². The number of rotatable bonds is 3. The Labute approximate surface area is 130 Å². The van der Waals surface area contributed by atoms with Crippen LogP contribution in [-0.2, 0) is 4.79 Å². The van der Waals surface area contributed by atoms with Gasteiger partial charge in [-0.1, -0.05) is 13.8 Å². The van der Waals surface area contributed by atoms with E-state index in [1.54, 1.807) is 0 Å². The van der Waals surface area contributed by atoms with Gasteiger partial charge in [0.25, 0.3) is 0 Å². The lowest BCUT2D eigenvalue weighted by molar-refractivity contribution is -0.274. The van der Waals surface area contributed by atoms with E-state index in [1.165, 1.54) is 18.6 Å². The second-order valence-electron chi connectivity index (χ2n) is 3.44. The lowest BCUT2D eigenvalue weighted by Crippen LogP contribution is -2.16. The molecular weight excluding hydrogens is 323 g/mol. The lowest BCUT2D eigenvalue weighted by atomic mass is 10.1. The summed E-state index contributed by atoms with van der Waals surface area (Å²) in [4.78, 5) is 24.2. The molecule has 1 aromatic heterocycles. The minimum Gasteiger partial charge on any atom is -0.406 e. The highest BCUT2D eigenvalue weighted by Gasteiger charge is 2.31. The highest BCUT2D eigenvalue weighted by Crippen LogP contribution is 2.27. The first kappa shape index (κ1) is 20.0. The van der Waals surface area contributed by atoms with E-state index >= 15 is 0 Å². The van der Waals surface area contributed by atoms with Crippen LogP contribution in [0.5, 0.6) is 5.75 Å². The Bertz CT molecular complexity index is 623. The molecule has 0 aliphatic rings. The first-order valence-corrected chi connectivity index (χ1v) is 6.90. The summed E-state index contributed by atoms with van der Waals surface area (Å²) in [7, 11) is 0. The van der Waals surface area contributed by atoms with E-state index in [9.17, 15) is 22.8 Å². The van der Waals surface area contributed by atoms with Crippen LogP contribution in [0.1, 0.15) is 24.2 Å². The second kappa shape index (κ2) is 9.09. The Balaban J connectivity index is 0.00000102. The first-order chi connectivity index (χ1) is 10.4. The predicted molar refractivity (Wildman–Crippen MR) is 78.5 cm³/mol. The van der Waals surface area contributed by atoms with Gasteiger partial charge in [0.05, 0.1) is 5.56 Å². The smallest absolute Gasteiger partial charge is 0.406 e. The maximum atomic E-state index is 12.0. The molecule has 2 aromatic rings. The number of carbonyl (C=O) groups excluding carboxylic acids is 2. The number of fused-ring (bicyclic) bond motifs is 1. The standard InChI is InChI=1S/C11H6F3NO3.C2H6.CH3Cl/c12-11(13,14)18-6-1-2-7-8(10(17)5-16)4-15-9(7)3-6;2*1-2/h1-5,15H;1-2H3;1H3. The Kier molecular flexibility index (Phi) is 8.26. The summed E-state index contributed by atoms with van der Waals surface area (Å²) in [6, 6.07) is 3.46. The van der Waals surface area contributed by atoms with Gasteiger partial charge in [0.15, 0.2) is 6.29 Å². The normalized spacial score (nSPS) is 9.95. The number of aromatic amines is 1. The number of carbonyl (C=O) groups is 2. The highest BCUT2D eigenvalue weighted by atomic mass is 35.5. The molecule has 0 saturated carbocycles. The molecule has 0 amide bonds. The van der Waals surface area contributed by atoms with Gasteiger partial charge in [0.2, 0.25) is 5.78 Å². The minimum atomic E-state index is -4.78. The molecular formula is C14H15ClF3NO3. The number of ketones is 1. The van der Waals surface area contributed by atoms with E-state index in [4.69, 9.17) is 0 Å². The number of aromatic nitrogens is 1. The van der Waals surface area contributed by atoms with Gasteiger partial charge in [-0.3, -0.25) is 9.59 Å². The van der Waals surface area contributed by atoms with Crippen LogP contribution in [0.3, 0.4) is 0 Å². The van der Waals surface area contributed by atoms with Crippen molar-refractivity contribution in [2.24, 2.45) is 0 Å². The maximum Gasteiger partial charge on any atom is 0.573 e. The molecule has 22 heavy (non-hydrogen) atoms. The molecule has 1 heterocycles. The number of hydrogen-bond donors (Lipinski definition) is 1. The van der Waals surface area contributed by atoms with Crippen molar-refractivity contribution < 1.29 is 27.5 Å². The molecule has 122 valence electrons. The molecule has 0 atom stereocenters. The summed E-state index contributed by atoms with van der Waals surface area (Å²) in [6.45, 7) is 4.00. The summed E-state index contributed by atoms with van der Waals surface area (Å²) in [5, 5.41) is 0.363. The molecule has 1 N–H and O–H groups in total. The molecule has 2 rings (SSSR count). The molecule has 0 bridgehead atoms. The van der Waals surface area contributed by atoms with Crippen LogP contribution in [0.2, 0.25) is 0 Å². The summed E-state index contributed by atoms with van der Waals surface area (Å²) in [5.74, 6) is -1.15. The van der Waals surface area contributed by atoms with Gasteiger partial charge in [-0.05, 0) is 12.1 Å². The number of benzene rings is 1. The third kappa shape index (κ3) is 5.40. The van der Waals surface area contributed by atoms with Gasteiger partial charge in [-0.15, -0.1) is 24.8 Å². The number of hydrogen-bond acceptors (Lipinski definition) is 3. The SMILES string of the molecule is CC.CCl.O=CC(=O)c1c[nH]c2cc(OC(F)(F)F)ccc12. The van der Waals surface area contributed by atoms with E-state index in [-0.39, 0.29) is 17.4 Å². The molecule has 0 unspecified atom stereocenters. The Morgan fingerprint density at radius 1 is 1.27 bits per heavy atom. The molecule has 0 aliphatic carbocycles. The average Bonchev–Trinajstić information content (AvgIpc) is 2.92. The zero-order valence-electron chi connectivity index (χ0n) is 12.1. The van der Waals surface area contributed by atoms with Crippen molar-refractivity contribution in [1.29, 1.82) is 0 Å². The largest absolute Gasteiger partial charge is 0.573 e. The first-order valence-electron chi connectivity index (χ1n) is 6.15. The van der Waals surface area contributed by atoms with Crippen LogP contribution in [-0.4, -0.2) is 29.8 Å². The molecule has 0 aliphatic heterocycles. The average molecular weight is 338 g/mol. The van der Waals surface area contributed by atoms with Gasteiger partial charge < -0.3 is 9.72 Å². The lowest BCUT2D eigenvalue weighted by Gasteiger charge is -2.08. The Hall–Kier alpha value is -2.02. The van der Waals surface area contributed by atoms with Crippen LogP contribution in [0.15, 0.2) is 24.4 Å². The van der Waals surface area contributed by atoms with Crippen molar-refractivity contribution in [3.63, 3.8) is 0 Å². The minimum absolute atomic E-state index is 0.110. The highest BCUT2D eigenvalue weighted by molar-refractivity contribution is 6.36. The van der Waals surface area contributed by atoms with Crippen molar-refractivity contribution in [2.75, 3.05) is 6.38 Å². The monoisotopic (exact) mass is 337 g/mol. The van der Waals surface area contributed by atoms with Crippen LogP contribution in [0.25, 0.3) is 10.9 Å². The molecule has 1 aromatic carbocycles. The summed E-state index contributed by atoms with van der Waals surface area (Å²) < 4.78 is 39.7. The van der Waals surface area contributed by atoms with Gasteiger partial charge >= 0.3 is 6.36 Å². The van der Waals surface area contributed by atoms with Gasteiger partial charge in [-0.2, -0.15) is 0 Å².